The number of carbonyl (C=O) groups is 1. The fraction of sp³-hybridized carbons (Fsp3) is 0.632. The van der Waals surface area contributed by atoms with Gasteiger partial charge < -0.3 is 39.4 Å². The van der Waals surface area contributed by atoms with Crippen molar-refractivity contribution in [3.63, 3.8) is 0 Å². The van der Waals surface area contributed by atoms with Gasteiger partial charge >= 0.3 is 70.8 Å². The van der Waals surface area contributed by atoms with Crippen LogP contribution in [0, 0.1) is 11.8 Å². The number of hydrogen-bond donors (Lipinski definition) is 4. The minimum absolute atomic E-state index is 0. The van der Waals surface area contributed by atoms with Gasteiger partial charge in [0.25, 0.3) is 5.56 Å². The molecule has 2 rings (SSSR count). The Balaban J connectivity index is 0.00000578. The molecule has 1 fully saturated rings. The summed E-state index contributed by atoms with van der Waals surface area (Å²) in [5, 5.41) is 15.2. The predicted molar refractivity (Wildman–Crippen MR) is 112 cm³/mol. The maximum atomic E-state index is 12.2. The number of aliphatic hydroxyl groups excluding tert-OH is 1. The zero-order valence-corrected chi connectivity index (χ0v) is 25.0. The van der Waals surface area contributed by atoms with Crippen molar-refractivity contribution in [2.45, 2.75) is 57.5 Å². The van der Waals surface area contributed by atoms with E-state index in [0.717, 1.165) is 36.4 Å². The van der Waals surface area contributed by atoms with Crippen molar-refractivity contribution < 1.29 is 92.6 Å². The van der Waals surface area contributed by atoms with Gasteiger partial charge in [-0.3, -0.25) is 14.3 Å². The second kappa shape index (κ2) is 17.1. The Labute approximate surface area is 246 Å². The summed E-state index contributed by atoms with van der Waals surface area (Å²) in [6, 6.07) is -0.387. The Morgan fingerprint density at radius 3 is 2.69 bits per heavy atom. The number of rotatable bonds is 10. The third kappa shape index (κ3) is 12.6. The van der Waals surface area contributed by atoms with Gasteiger partial charge in [0.05, 0.1) is 27.1 Å². The molecular weight excluding hydrogens is 505 g/mol. The number of nitrogens with one attached hydrogen (secondary N) is 3. The number of aliphatic hydroxyl groups is 1. The van der Waals surface area contributed by atoms with Crippen LogP contribution in [0.1, 0.15) is 50.8 Å². The smallest absolute Gasteiger partial charge is 0.790 e. The number of hydrogen-bond acceptors (Lipinski definition) is 9. The molecule has 0 spiro atoms. The number of phosphoric acid groups is 1. The van der Waals surface area contributed by atoms with Crippen LogP contribution in [0.4, 0.5) is 4.79 Å². The number of H-pyrrole nitrogens is 1. The number of carbonyl (C=O) groups excluding carboxylic acids is 1. The molecule has 16 heteroatoms. The van der Waals surface area contributed by atoms with E-state index in [-0.39, 0.29) is 83.7 Å². The van der Waals surface area contributed by atoms with Crippen LogP contribution in [0.25, 0.3) is 0 Å². The van der Waals surface area contributed by atoms with E-state index in [9.17, 15) is 33.8 Å². The second-order valence-corrected chi connectivity index (χ2v) is 8.51. The molecule has 2 heterocycles. The molecular formula is C19H27N4Na2O9P. The summed E-state index contributed by atoms with van der Waals surface area (Å²) in [5.41, 5.74) is -1.66. The standard InChI is InChI=1S/C19H29N4O9P.2Na/c1-2-3-4-5-8-20-18(26)21-9-6-7-13-11-23(19(27)22-17(13)25)16-10-14(24)15(32-16)12-31-33(28,29)30;;/h11,14-16,24H,2-5,8-10,12H2,1H3,(H2,20,21,26)(H,22,25,27)(H2,28,29,30);;/q;2*+1/p-2/t14?,15-,16-;;/m1../s1. The van der Waals surface area contributed by atoms with Gasteiger partial charge in [-0.15, -0.1) is 0 Å². The quantitative estimate of drug-likeness (QED) is 0.0979. The molecule has 13 nitrogen and oxygen atoms in total. The van der Waals surface area contributed by atoms with Crippen LogP contribution in [0.5, 0.6) is 0 Å². The van der Waals surface area contributed by atoms with Crippen LogP contribution in [-0.2, 0) is 13.8 Å². The molecule has 1 aromatic rings. The van der Waals surface area contributed by atoms with Crippen LogP contribution in [0.2, 0.25) is 0 Å². The predicted octanol–water partition coefficient (Wildman–Crippen LogP) is -7.73. The third-order valence-corrected chi connectivity index (χ3v) is 5.22. The van der Waals surface area contributed by atoms with Crippen molar-refractivity contribution in [3.8, 4) is 11.8 Å². The van der Waals surface area contributed by atoms with Gasteiger partial charge in [0.2, 0.25) is 0 Å². The first-order valence-electron chi connectivity index (χ1n) is 10.5. The molecule has 35 heavy (non-hydrogen) atoms. The number of amides is 2. The van der Waals surface area contributed by atoms with E-state index in [1.54, 1.807) is 0 Å². The minimum Gasteiger partial charge on any atom is -0.790 e. The fourth-order valence-corrected chi connectivity index (χ4v) is 3.40. The molecule has 3 atom stereocenters. The fourth-order valence-electron chi connectivity index (χ4n) is 3.07. The summed E-state index contributed by atoms with van der Waals surface area (Å²) in [7, 11) is -5.25. The average molecular weight is 532 g/mol. The number of phosphoric ester groups is 1. The normalized spacial score (nSPS) is 19.0. The van der Waals surface area contributed by atoms with Gasteiger partial charge in [-0.2, -0.15) is 0 Å². The number of urea groups is 1. The molecule has 1 saturated heterocycles. The van der Waals surface area contributed by atoms with Crippen molar-refractivity contribution in [3.05, 3.63) is 32.6 Å². The number of aromatic nitrogens is 2. The molecule has 1 aliphatic heterocycles. The van der Waals surface area contributed by atoms with Gasteiger partial charge in [-0.1, -0.05) is 38.0 Å². The Bertz CT molecular complexity index is 1030. The van der Waals surface area contributed by atoms with E-state index in [2.05, 4.69) is 38.9 Å². The minimum atomic E-state index is -5.25. The number of unbranched alkanes of at least 4 members (excludes halogenated alkanes) is 3. The average Bonchev–Trinajstić information content (AvgIpc) is 3.10. The van der Waals surface area contributed by atoms with E-state index in [0.29, 0.717) is 6.54 Å². The van der Waals surface area contributed by atoms with Gasteiger partial charge in [0.1, 0.15) is 17.9 Å². The Morgan fingerprint density at radius 1 is 1.31 bits per heavy atom. The Morgan fingerprint density at radius 2 is 2.03 bits per heavy atom. The Kier molecular flexibility index (Phi) is 16.9. The third-order valence-electron chi connectivity index (χ3n) is 4.76. The van der Waals surface area contributed by atoms with Gasteiger partial charge in [0.15, 0.2) is 0 Å². The summed E-state index contributed by atoms with van der Waals surface area (Å²) >= 11 is 0. The first-order chi connectivity index (χ1) is 15.6. The summed E-state index contributed by atoms with van der Waals surface area (Å²) < 4.78 is 21.1. The van der Waals surface area contributed by atoms with Crippen LogP contribution < -0.4 is 90.8 Å². The van der Waals surface area contributed by atoms with Gasteiger partial charge in [-0.05, 0) is 6.42 Å². The summed E-state index contributed by atoms with van der Waals surface area (Å²) in [6.45, 7) is 1.89. The molecule has 1 aromatic heterocycles. The van der Waals surface area contributed by atoms with Crippen LogP contribution >= 0.6 is 7.82 Å². The van der Waals surface area contributed by atoms with Crippen molar-refractivity contribution in [2.75, 3.05) is 19.7 Å². The molecule has 0 bridgehead atoms. The summed E-state index contributed by atoms with van der Waals surface area (Å²) in [5.74, 6) is 5.16. The van der Waals surface area contributed by atoms with Crippen molar-refractivity contribution in [1.29, 1.82) is 0 Å². The monoisotopic (exact) mass is 532 g/mol. The van der Waals surface area contributed by atoms with Gasteiger partial charge in [0, 0.05) is 19.2 Å². The largest absolute Gasteiger partial charge is 1.00 e. The zero-order valence-electron chi connectivity index (χ0n) is 20.1. The summed E-state index contributed by atoms with van der Waals surface area (Å²) in [6.07, 6.45) is 1.71. The van der Waals surface area contributed by atoms with E-state index in [1.165, 1.54) is 0 Å². The molecule has 1 unspecified atom stereocenters. The molecule has 0 radical (unpaired) electrons. The molecule has 1 aliphatic rings. The number of nitrogens with zero attached hydrogens (tertiary/aromatic N) is 1. The van der Waals surface area contributed by atoms with E-state index in [4.69, 9.17) is 4.74 Å². The molecule has 0 aromatic carbocycles. The topological polar surface area (TPSA) is 198 Å². The van der Waals surface area contributed by atoms with Gasteiger partial charge in [-0.25, -0.2) is 9.59 Å². The molecule has 2 amide bonds. The van der Waals surface area contributed by atoms with Crippen molar-refractivity contribution in [2.24, 2.45) is 0 Å². The first-order valence-corrected chi connectivity index (χ1v) is 11.9. The SMILES string of the molecule is CCCCCCNC(=O)NCC#Cc1cn([C@H]2CC(O)[C@@H](COP(=O)([O-])[O-])O2)c(=O)[nH]c1=O.[Na+].[Na+]. The number of ether oxygens (including phenoxy) is 1. The molecule has 0 saturated carbocycles. The molecule has 184 valence electrons. The van der Waals surface area contributed by atoms with E-state index < -0.39 is 44.1 Å². The molecule has 4 N–H and O–H groups in total. The second-order valence-electron chi connectivity index (χ2n) is 7.36. The summed E-state index contributed by atoms with van der Waals surface area (Å²) in [4.78, 5) is 59.2. The first kappa shape index (κ1) is 34.5. The van der Waals surface area contributed by atoms with Crippen LogP contribution in [0.3, 0.4) is 0 Å². The number of aromatic amines is 1. The van der Waals surface area contributed by atoms with E-state index >= 15 is 0 Å². The zero-order chi connectivity index (χ0) is 24.4. The molecule has 0 aliphatic carbocycles. The van der Waals surface area contributed by atoms with Crippen LogP contribution in [0.15, 0.2) is 15.8 Å². The van der Waals surface area contributed by atoms with Crippen molar-refractivity contribution >= 4 is 13.9 Å². The maximum absolute atomic E-state index is 12.2. The van der Waals surface area contributed by atoms with Crippen LogP contribution in [-0.4, -0.2) is 52.6 Å². The van der Waals surface area contributed by atoms with Crippen molar-refractivity contribution in [1.82, 2.24) is 20.2 Å². The van der Waals surface area contributed by atoms with E-state index in [1.807, 2.05) is 0 Å². The maximum Gasteiger partial charge on any atom is 1.00 e. The Hall–Kier alpha value is -0.460.